The number of halogens is 3. The third-order valence-electron chi connectivity index (χ3n) is 3.09. The molecular weight excluding hydrogens is 439 g/mol. The Morgan fingerprint density at radius 1 is 1.17 bits per heavy atom. The van der Waals surface area contributed by atoms with E-state index in [4.69, 9.17) is 23.2 Å². The van der Waals surface area contributed by atoms with E-state index in [1.165, 1.54) is 31.3 Å². The monoisotopic (exact) mass is 450 g/mol. The first-order valence-corrected chi connectivity index (χ1v) is 9.66. The van der Waals surface area contributed by atoms with Gasteiger partial charge in [-0.1, -0.05) is 39.1 Å². The van der Waals surface area contributed by atoms with Gasteiger partial charge in [-0.3, -0.25) is 4.79 Å². The van der Waals surface area contributed by atoms with Crippen molar-refractivity contribution in [2.45, 2.75) is 4.90 Å². The predicted molar refractivity (Wildman–Crippen MR) is 99.0 cm³/mol. The van der Waals surface area contributed by atoms with Crippen molar-refractivity contribution in [1.29, 1.82) is 0 Å². The van der Waals surface area contributed by atoms with Crippen LogP contribution in [0, 0.1) is 0 Å². The number of rotatable bonds is 5. The molecule has 0 heterocycles. The van der Waals surface area contributed by atoms with Gasteiger partial charge in [-0.05, 0) is 42.5 Å². The highest BCUT2D eigenvalue weighted by Crippen LogP contribution is 2.25. The number of hydrogen-bond donors (Lipinski definition) is 1. The fourth-order valence-corrected chi connectivity index (χ4v) is 3.83. The van der Waals surface area contributed by atoms with Crippen LogP contribution in [0.5, 0.6) is 0 Å². The summed E-state index contributed by atoms with van der Waals surface area (Å²) < 4.78 is 26.6. The van der Waals surface area contributed by atoms with E-state index in [9.17, 15) is 13.2 Å². The zero-order chi connectivity index (χ0) is 17.9. The van der Waals surface area contributed by atoms with Crippen LogP contribution in [0.1, 0.15) is 0 Å². The van der Waals surface area contributed by atoms with Crippen molar-refractivity contribution in [3.63, 3.8) is 0 Å². The van der Waals surface area contributed by atoms with Gasteiger partial charge in [-0.15, -0.1) is 0 Å². The van der Waals surface area contributed by atoms with Gasteiger partial charge in [0.2, 0.25) is 15.9 Å². The molecule has 24 heavy (non-hydrogen) atoms. The first-order chi connectivity index (χ1) is 11.2. The molecule has 1 amide bonds. The zero-order valence-corrected chi connectivity index (χ0v) is 16.4. The lowest BCUT2D eigenvalue weighted by molar-refractivity contribution is -0.116. The maximum Gasteiger partial charge on any atom is 0.243 e. The second-order valence-corrected chi connectivity index (χ2v) is 8.69. The molecule has 9 heteroatoms. The molecule has 0 aliphatic heterocycles. The molecule has 0 atom stereocenters. The Labute approximate surface area is 158 Å². The fourth-order valence-electron chi connectivity index (χ4n) is 1.85. The Morgan fingerprint density at radius 3 is 2.38 bits per heavy atom. The predicted octanol–water partition coefficient (Wildman–Crippen LogP) is 4.02. The average Bonchev–Trinajstić information content (AvgIpc) is 2.50. The van der Waals surface area contributed by atoms with Crippen LogP contribution in [0.2, 0.25) is 10.0 Å². The molecule has 0 fully saturated rings. The molecule has 2 rings (SSSR count). The van der Waals surface area contributed by atoms with Gasteiger partial charge in [0.25, 0.3) is 0 Å². The summed E-state index contributed by atoms with van der Waals surface area (Å²) in [5, 5.41) is 3.36. The fraction of sp³-hybridized carbons (Fsp3) is 0.133. The Hall–Kier alpha value is -1.12. The Balaban J connectivity index is 2.09. The molecule has 0 aliphatic carbocycles. The highest BCUT2D eigenvalue weighted by molar-refractivity contribution is 9.10. The Morgan fingerprint density at radius 2 is 1.79 bits per heavy atom. The molecule has 0 spiro atoms. The van der Waals surface area contributed by atoms with Gasteiger partial charge in [0, 0.05) is 16.5 Å². The number of anilines is 1. The van der Waals surface area contributed by atoms with Gasteiger partial charge in [0.15, 0.2) is 0 Å². The van der Waals surface area contributed by atoms with Crippen LogP contribution in [-0.2, 0) is 14.8 Å². The van der Waals surface area contributed by atoms with Gasteiger partial charge in [-0.25, -0.2) is 8.42 Å². The molecule has 0 bridgehead atoms. The van der Waals surface area contributed by atoms with Crippen LogP contribution in [0.25, 0.3) is 0 Å². The second kappa shape index (κ2) is 7.84. The number of carbonyl (C=O) groups excluding carboxylic acids is 1. The van der Waals surface area contributed by atoms with Crippen LogP contribution in [0.15, 0.2) is 51.8 Å². The molecule has 2 aromatic rings. The number of nitrogens with one attached hydrogen (secondary N) is 1. The van der Waals surface area contributed by atoms with Crippen LogP contribution in [0.4, 0.5) is 5.69 Å². The molecule has 0 saturated heterocycles. The van der Waals surface area contributed by atoms with Gasteiger partial charge < -0.3 is 5.32 Å². The summed E-state index contributed by atoms with van der Waals surface area (Å²) in [6.07, 6.45) is 0. The number of carbonyl (C=O) groups is 1. The summed E-state index contributed by atoms with van der Waals surface area (Å²) in [7, 11) is -2.46. The number of nitrogens with zero attached hydrogens (tertiary/aromatic N) is 1. The van der Waals surface area contributed by atoms with Crippen LogP contribution >= 0.6 is 39.1 Å². The summed E-state index contributed by atoms with van der Waals surface area (Å²) in [4.78, 5) is 12.1. The van der Waals surface area contributed by atoms with E-state index in [2.05, 4.69) is 21.2 Å². The average molecular weight is 452 g/mol. The lowest BCUT2D eigenvalue weighted by Crippen LogP contribution is -2.35. The van der Waals surface area contributed by atoms with E-state index in [1.807, 2.05) is 0 Å². The van der Waals surface area contributed by atoms with E-state index in [0.29, 0.717) is 15.7 Å². The minimum Gasteiger partial charge on any atom is -0.324 e. The normalized spacial score (nSPS) is 11.5. The summed E-state index contributed by atoms with van der Waals surface area (Å²) in [6, 6.07) is 10.7. The number of sulfonamides is 1. The molecule has 0 saturated carbocycles. The highest BCUT2D eigenvalue weighted by atomic mass is 79.9. The minimum atomic E-state index is -3.79. The van der Waals surface area contributed by atoms with Crippen molar-refractivity contribution in [3.8, 4) is 0 Å². The number of hydrogen-bond acceptors (Lipinski definition) is 3. The van der Waals surface area contributed by atoms with Gasteiger partial charge in [-0.2, -0.15) is 4.31 Å². The molecule has 128 valence electrons. The molecule has 5 nitrogen and oxygen atoms in total. The summed E-state index contributed by atoms with van der Waals surface area (Å²) in [5.41, 5.74) is 0.405. The molecule has 0 unspecified atom stereocenters. The maximum absolute atomic E-state index is 12.4. The van der Waals surface area contributed by atoms with E-state index in [-0.39, 0.29) is 11.4 Å². The zero-order valence-electron chi connectivity index (χ0n) is 12.5. The summed E-state index contributed by atoms with van der Waals surface area (Å²) >= 11 is 15.0. The lowest BCUT2D eigenvalue weighted by atomic mass is 10.3. The molecule has 0 radical (unpaired) electrons. The van der Waals surface area contributed by atoms with E-state index in [1.54, 1.807) is 18.2 Å². The quantitative estimate of drug-likeness (QED) is 0.746. The van der Waals surface area contributed by atoms with E-state index >= 15 is 0 Å². The third-order valence-corrected chi connectivity index (χ3v) is 5.97. The van der Waals surface area contributed by atoms with E-state index < -0.39 is 15.9 Å². The lowest BCUT2D eigenvalue weighted by Gasteiger charge is -2.17. The maximum atomic E-state index is 12.4. The number of benzene rings is 2. The smallest absolute Gasteiger partial charge is 0.243 e. The SMILES string of the molecule is CN(CC(=O)Nc1ccc(Br)cc1Cl)S(=O)(=O)c1ccc(Cl)cc1. The summed E-state index contributed by atoms with van der Waals surface area (Å²) in [5.74, 6) is -0.501. The van der Waals surface area contributed by atoms with Gasteiger partial charge in [0.05, 0.1) is 22.2 Å². The van der Waals surface area contributed by atoms with Gasteiger partial charge in [0.1, 0.15) is 0 Å². The Bertz CT molecular complexity index is 858. The molecule has 0 aliphatic rings. The first-order valence-electron chi connectivity index (χ1n) is 6.67. The van der Waals surface area contributed by atoms with Crippen molar-refractivity contribution < 1.29 is 13.2 Å². The minimum absolute atomic E-state index is 0.0591. The topological polar surface area (TPSA) is 66.5 Å². The van der Waals surface area contributed by atoms with Crippen molar-refractivity contribution in [3.05, 3.63) is 57.0 Å². The van der Waals surface area contributed by atoms with Crippen LogP contribution in [-0.4, -0.2) is 32.2 Å². The highest BCUT2D eigenvalue weighted by Gasteiger charge is 2.23. The standard InChI is InChI=1S/C15H13BrCl2N2O3S/c1-20(24(22,23)12-5-3-11(17)4-6-12)9-15(21)19-14-7-2-10(16)8-13(14)18/h2-8H,9H2,1H3,(H,19,21). The molecular formula is C15H13BrCl2N2O3S. The van der Waals surface area contributed by atoms with Crippen molar-refractivity contribution in [2.24, 2.45) is 0 Å². The van der Waals surface area contributed by atoms with Gasteiger partial charge >= 0.3 is 0 Å². The number of likely N-dealkylation sites (N-methyl/N-ethyl adjacent to an activating group) is 1. The van der Waals surface area contributed by atoms with Crippen LogP contribution < -0.4 is 5.32 Å². The summed E-state index contributed by atoms with van der Waals surface area (Å²) in [6.45, 7) is -0.350. The van der Waals surface area contributed by atoms with E-state index in [0.717, 1.165) is 8.78 Å². The van der Waals surface area contributed by atoms with Crippen molar-refractivity contribution >= 4 is 60.7 Å². The molecule has 1 N–H and O–H groups in total. The Kier molecular flexibility index (Phi) is 6.28. The first kappa shape index (κ1) is 19.2. The molecule has 2 aromatic carbocycles. The van der Waals surface area contributed by atoms with Crippen molar-refractivity contribution in [1.82, 2.24) is 4.31 Å². The third kappa shape index (κ3) is 4.70. The number of amides is 1. The molecule has 0 aromatic heterocycles. The van der Waals surface area contributed by atoms with Crippen molar-refractivity contribution in [2.75, 3.05) is 18.9 Å². The van der Waals surface area contributed by atoms with Crippen LogP contribution in [0.3, 0.4) is 0 Å². The largest absolute Gasteiger partial charge is 0.324 e. The second-order valence-electron chi connectivity index (χ2n) is 4.89.